The summed E-state index contributed by atoms with van der Waals surface area (Å²) in [6.07, 6.45) is 0. The second-order valence-electron chi connectivity index (χ2n) is 3.39. The molecule has 0 fully saturated rings. The smallest absolute Gasteiger partial charge is 0.0840 e. The van der Waals surface area contributed by atoms with Gasteiger partial charge in [0.1, 0.15) is 0 Å². The molecule has 0 aliphatic rings. The zero-order valence-corrected chi connectivity index (χ0v) is 7.76. The minimum Gasteiger partial charge on any atom is -0.388 e. The Morgan fingerprint density at radius 3 is 2.00 bits per heavy atom. The molecule has 1 rings (SSSR count). The summed E-state index contributed by atoms with van der Waals surface area (Å²) < 4.78 is 0. The van der Waals surface area contributed by atoms with E-state index in [9.17, 15) is 5.11 Å². The van der Waals surface area contributed by atoms with Gasteiger partial charge in [-0.3, -0.25) is 0 Å². The van der Waals surface area contributed by atoms with E-state index in [1.54, 1.807) is 13.8 Å². The van der Waals surface area contributed by atoms with Crippen molar-refractivity contribution in [3.63, 3.8) is 0 Å². The molecule has 2 nitrogen and oxygen atoms in total. The molecule has 0 radical (unpaired) electrons. The molecule has 0 saturated heterocycles. The fourth-order valence-electron chi connectivity index (χ4n) is 1.04. The zero-order valence-electron chi connectivity index (χ0n) is 7.76. The number of anilines is 1. The maximum atomic E-state index is 9.63. The van der Waals surface area contributed by atoms with Crippen LogP contribution in [0.4, 0.5) is 5.69 Å². The van der Waals surface area contributed by atoms with Gasteiger partial charge in [0.2, 0.25) is 0 Å². The second kappa shape index (κ2) is 3.15. The van der Waals surface area contributed by atoms with E-state index >= 15 is 0 Å². The van der Waals surface area contributed by atoms with Gasteiger partial charge in [0, 0.05) is 12.7 Å². The summed E-state index contributed by atoms with van der Waals surface area (Å²) in [5, 5.41) is 12.7. The fraction of sp³-hybridized carbons (Fsp3) is 0.400. The van der Waals surface area contributed by atoms with E-state index in [-0.39, 0.29) is 0 Å². The molecule has 0 unspecified atom stereocenters. The first-order chi connectivity index (χ1) is 5.54. The molecule has 66 valence electrons. The number of hydrogen-bond acceptors (Lipinski definition) is 2. The molecule has 12 heavy (non-hydrogen) atoms. The van der Waals surface area contributed by atoms with Crippen molar-refractivity contribution in [2.45, 2.75) is 19.4 Å². The quantitative estimate of drug-likeness (QED) is 0.702. The summed E-state index contributed by atoms with van der Waals surface area (Å²) in [6.45, 7) is 3.56. The van der Waals surface area contributed by atoms with Crippen LogP contribution in [0.5, 0.6) is 0 Å². The average molecular weight is 165 g/mol. The normalized spacial score (nSPS) is 11.3. The summed E-state index contributed by atoms with van der Waals surface area (Å²) in [6, 6.07) is 7.75. The summed E-state index contributed by atoms with van der Waals surface area (Å²) in [5.41, 5.74) is 1.25. The van der Waals surface area contributed by atoms with Gasteiger partial charge in [0.05, 0.1) is 5.60 Å². The molecule has 0 bridgehead atoms. The van der Waals surface area contributed by atoms with Gasteiger partial charge in [-0.15, -0.1) is 0 Å². The molecule has 0 saturated carbocycles. The Balaban J connectivity index is 2.93. The number of hydrogen-bond donors (Lipinski definition) is 2. The lowest BCUT2D eigenvalue weighted by Gasteiger charge is -2.17. The lowest BCUT2D eigenvalue weighted by atomic mass is 9.98. The molecule has 0 atom stereocenters. The largest absolute Gasteiger partial charge is 0.388 e. The molecule has 1 aromatic carbocycles. The van der Waals surface area contributed by atoms with Gasteiger partial charge in [0.25, 0.3) is 0 Å². The minimum atomic E-state index is -0.744. The molecular weight excluding hydrogens is 150 g/mol. The van der Waals surface area contributed by atoms with Crippen LogP contribution in [0.3, 0.4) is 0 Å². The van der Waals surface area contributed by atoms with Gasteiger partial charge < -0.3 is 10.4 Å². The van der Waals surface area contributed by atoms with Crippen molar-refractivity contribution >= 4 is 5.69 Å². The fourth-order valence-corrected chi connectivity index (χ4v) is 1.04. The Morgan fingerprint density at radius 1 is 1.17 bits per heavy atom. The van der Waals surface area contributed by atoms with E-state index in [4.69, 9.17) is 0 Å². The second-order valence-corrected chi connectivity index (χ2v) is 3.39. The Hall–Kier alpha value is -1.02. The Labute approximate surface area is 73.2 Å². The van der Waals surface area contributed by atoms with E-state index in [2.05, 4.69) is 5.32 Å². The van der Waals surface area contributed by atoms with Crippen LogP contribution in [-0.2, 0) is 5.60 Å². The Kier molecular flexibility index (Phi) is 2.38. The van der Waals surface area contributed by atoms with Crippen molar-refractivity contribution in [2.75, 3.05) is 12.4 Å². The van der Waals surface area contributed by atoms with Crippen molar-refractivity contribution in [1.29, 1.82) is 0 Å². The van der Waals surface area contributed by atoms with E-state index < -0.39 is 5.60 Å². The summed E-state index contributed by atoms with van der Waals surface area (Å²) in [7, 11) is 1.87. The van der Waals surface area contributed by atoms with Crippen molar-refractivity contribution < 1.29 is 5.11 Å². The van der Waals surface area contributed by atoms with Gasteiger partial charge in [-0.05, 0) is 31.5 Å². The van der Waals surface area contributed by atoms with Crippen LogP contribution in [0.1, 0.15) is 19.4 Å². The first-order valence-electron chi connectivity index (χ1n) is 4.04. The van der Waals surface area contributed by atoms with Crippen molar-refractivity contribution in [3.05, 3.63) is 29.8 Å². The van der Waals surface area contributed by atoms with Crippen LogP contribution < -0.4 is 5.32 Å². The van der Waals surface area contributed by atoms with Gasteiger partial charge in [-0.1, -0.05) is 12.1 Å². The molecule has 1 aromatic rings. The van der Waals surface area contributed by atoms with Crippen LogP contribution in [0, 0.1) is 0 Å². The van der Waals surface area contributed by atoms with E-state index in [0.29, 0.717) is 0 Å². The summed E-state index contributed by atoms with van der Waals surface area (Å²) >= 11 is 0. The summed E-state index contributed by atoms with van der Waals surface area (Å²) in [4.78, 5) is 0. The maximum absolute atomic E-state index is 9.63. The predicted octanol–water partition coefficient (Wildman–Crippen LogP) is 1.96. The van der Waals surface area contributed by atoms with Gasteiger partial charge in [0.15, 0.2) is 0 Å². The average Bonchev–Trinajstić information content (AvgIpc) is 2.03. The zero-order chi connectivity index (χ0) is 9.19. The lowest BCUT2D eigenvalue weighted by Crippen LogP contribution is -2.14. The maximum Gasteiger partial charge on any atom is 0.0840 e. The molecule has 0 spiro atoms. The standard InChI is InChI=1S/C10H15NO/c1-10(2,12)8-4-6-9(11-3)7-5-8/h4-7,11-12H,1-3H3. The molecular formula is C10H15NO. The Bertz CT molecular complexity index is 246. The van der Waals surface area contributed by atoms with Gasteiger partial charge in [-0.2, -0.15) is 0 Å². The first-order valence-corrected chi connectivity index (χ1v) is 4.04. The SMILES string of the molecule is CNc1ccc(C(C)(C)O)cc1. The van der Waals surface area contributed by atoms with Crippen LogP contribution >= 0.6 is 0 Å². The van der Waals surface area contributed by atoms with Crippen molar-refractivity contribution in [3.8, 4) is 0 Å². The van der Waals surface area contributed by atoms with Crippen LogP contribution in [-0.4, -0.2) is 12.2 Å². The molecule has 0 heterocycles. The third-order valence-corrected chi connectivity index (χ3v) is 1.88. The number of benzene rings is 1. The lowest BCUT2D eigenvalue weighted by molar-refractivity contribution is 0.0786. The van der Waals surface area contributed by atoms with Gasteiger partial charge >= 0.3 is 0 Å². The van der Waals surface area contributed by atoms with E-state index in [1.165, 1.54) is 0 Å². The number of aliphatic hydroxyl groups is 1. The van der Waals surface area contributed by atoms with Crippen molar-refractivity contribution in [1.82, 2.24) is 0 Å². The topological polar surface area (TPSA) is 32.3 Å². The third-order valence-electron chi connectivity index (χ3n) is 1.88. The van der Waals surface area contributed by atoms with E-state index in [1.807, 2.05) is 31.3 Å². The highest BCUT2D eigenvalue weighted by Crippen LogP contribution is 2.20. The van der Waals surface area contributed by atoms with Crippen LogP contribution in [0.15, 0.2) is 24.3 Å². The minimum absolute atomic E-state index is 0.744. The van der Waals surface area contributed by atoms with Crippen LogP contribution in [0.2, 0.25) is 0 Å². The van der Waals surface area contributed by atoms with E-state index in [0.717, 1.165) is 11.3 Å². The van der Waals surface area contributed by atoms with Crippen molar-refractivity contribution in [2.24, 2.45) is 0 Å². The monoisotopic (exact) mass is 165 g/mol. The molecule has 2 N–H and O–H groups in total. The predicted molar refractivity (Wildman–Crippen MR) is 51.2 cm³/mol. The molecule has 2 heteroatoms. The number of nitrogens with one attached hydrogen (secondary N) is 1. The van der Waals surface area contributed by atoms with Gasteiger partial charge in [-0.25, -0.2) is 0 Å². The molecule has 0 aliphatic heterocycles. The van der Waals surface area contributed by atoms with Crippen LogP contribution in [0.25, 0.3) is 0 Å². The molecule has 0 amide bonds. The third kappa shape index (κ3) is 1.98. The highest BCUT2D eigenvalue weighted by atomic mass is 16.3. The Morgan fingerprint density at radius 2 is 1.67 bits per heavy atom. The number of rotatable bonds is 2. The highest BCUT2D eigenvalue weighted by Gasteiger charge is 2.14. The first kappa shape index (κ1) is 9.07. The summed E-state index contributed by atoms with van der Waals surface area (Å²) in [5.74, 6) is 0. The molecule has 0 aliphatic carbocycles. The highest BCUT2D eigenvalue weighted by molar-refractivity contribution is 5.44. The molecule has 0 aromatic heterocycles.